The molecule has 2 heterocycles. The van der Waals surface area contributed by atoms with E-state index in [9.17, 15) is 4.79 Å². The van der Waals surface area contributed by atoms with E-state index >= 15 is 0 Å². The van der Waals surface area contributed by atoms with Crippen molar-refractivity contribution in [3.8, 4) is 33.9 Å². The fourth-order valence-electron chi connectivity index (χ4n) is 4.40. The molecule has 0 N–H and O–H groups in total. The number of hydrogen-bond acceptors (Lipinski definition) is 6. The summed E-state index contributed by atoms with van der Waals surface area (Å²) in [6.45, 7) is 2.69. The van der Waals surface area contributed by atoms with E-state index in [1.165, 1.54) is 0 Å². The van der Waals surface area contributed by atoms with Crippen molar-refractivity contribution in [1.29, 1.82) is 0 Å². The third kappa shape index (κ3) is 4.86. The van der Waals surface area contributed by atoms with E-state index in [4.69, 9.17) is 9.47 Å². The molecule has 0 bridgehead atoms. The molecule has 1 aliphatic rings. The maximum absolute atomic E-state index is 13.1. The molecule has 5 rings (SSSR count). The van der Waals surface area contributed by atoms with Crippen molar-refractivity contribution in [2.45, 2.75) is 0 Å². The lowest BCUT2D eigenvalue weighted by atomic mass is 10.0. The summed E-state index contributed by atoms with van der Waals surface area (Å²) in [6, 6.07) is 27.6. The number of anilines is 1. The Morgan fingerprint density at radius 3 is 2.00 bits per heavy atom. The van der Waals surface area contributed by atoms with Gasteiger partial charge in [0.1, 0.15) is 0 Å². The lowest BCUT2D eigenvalue weighted by Crippen LogP contribution is -2.49. The minimum absolute atomic E-state index is 0.0594. The van der Waals surface area contributed by atoms with Gasteiger partial charge >= 0.3 is 0 Å². The fourth-order valence-corrected chi connectivity index (χ4v) is 4.40. The zero-order valence-corrected chi connectivity index (χ0v) is 20.4. The standard InChI is InChI=1S/C29H28N4O3/c1-35-26-14-12-24(20-27(26)36-2)25-13-15-28(31-30-25)32-16-18-33(19-17-32)29(34)23-10-8-22(9-11-23)21-6-4-3-5-7-21/h3-15,20H,16-19H2,1-2H3. The molecule has 0 radical (unpaired) electrons. The molecule has 4 aromatic rings. The number of carbonyl (C=O) groups excluding carboxylic acids is 1. The Morgan fingerprint density at radius 1 is 0.694 bits per heavy atom. The van der Waals surface area contributed by atoms with Crippen molar-refractivity contribution < 1.29 is 14.3 Å². The Morgan fingerprint density at radius 2 is 1.36 bits per heavy atom. The van der Waals surface area contributed by atoms with Crippen LogP contribution in [0.4, 0.5) is 5.82 Å². The number of methoxy groups -OCH3 is 2. The van der Waals surface area contributed by atoms with Gasteiger partial charge in [0.2, 0.25) is 0 Å². The Balaban J connectivity index is 1.20. The first-order chi connectivity index (χ1) is 17.7. The highest BCUT2D eigenvalue weighted by atomic mass is 16.5. The second kappa shape index (κ2) is 10.5. The van der Waals surface area contributed by atoms with Crippen LogP contribution < -0.4 is 14.4 Å². The van der Waals surface area contributed by atoms with Crippen molar-refractivity contribution in [2.75, 3.05) is 45.3 Å². The second-order valence-corrected chi connectivity index (χ2v) is 8.57. The molecule has 182 valence electrons. The number of benzene rings is 3. The van der Waals surface area contributed by atoms with Crippen LogP contribution in [-0.2, 0) is 0 Å². The van der Waals surface area contributed by atoms with E-state index in [0.717, 1.165) is 28.2 Å². The van der Waals surface area contributed by atoms with Gasteiger partial charge in [-0.05, 0) is 53.6 Å². The van der Waals surface area contributed by atoms with Gasteiger partial charge in [-0.2, -0.15) is 0 Å². The van der Waals surface area contributed by atoms with Crippen LogP contribution in [0.2, 0.25) is 0 Å². The summed E-state index contributed by atoms with van der Waals surface area (Å²) < 4.78 is 10.7. The van der Waals surface area contributed by atoms with Crippen molar-refractivity contribution >= 4 is 11.7 Å². The third-order valence-electron chi connectivity index (χ3n) is 6.46. The van der Waals surface area contributed by atoms with E-state index in [2.05, 4.69) is 27.2 Å². The van der Waals surface area contributed by atoms with Gasteiger partial charge in [-0.1, -0.05) is 42.5 Å². The normalized spacial score (nSPS) is 13.4. The van der Waals surface area contributed by atoms with Gasteiger partial charge in [0.15, 0.2) is 17.3 Å². The van der Waals surface area contributed by atoms with E-state index in [1.54, 1.807) is 14.2 Å². The Bertz CT molecular complexity index is 1320. The molecule has 3 aromatic carbocycles. The summed E-state index contributed by atoms with van der Waals surface area (Å²) in [7, 11) is 3.22. The molecule has 7 nitrogen and oxygen atoms in total. The highest BCUT2D eigenvalue weighted by Gasteiger charge is 2.23. The number of amides is 1. The SMILES string of the molecule is COc1ccc(-c2ccc(N3CCN(C(=O)c4ccc(-c5ccccc5)cc4)CC3)nn2)cc1OC. The molecule has 0 spiro atoms. The molecule has 1 fully saturated rings. The first-order valence-electron chi connectivity index (χ1n) is 11.9. The van der Waals surface area contributed by atoms with Gasteiger partial charge in [-0.3, -0.25) is 4.79 Å². The van der Waals surface area contributed by atoms with Crippen LogP contribution in [-0.4, -0.2) is 61.4 Å². The van der Waals surface area contributed by atoms with E-state index in [1.807, 2.05) is 77.7 Å². The van der Waals surface area contributed by atoms with Gasteiger partial charge in [-0.25, -0.2) is 0 Å². The summed E-state index contributed by atoms with van der Waals surface area (Å²) in [6.07, 6.45) is 0. The third-order valence-corrected chi connectivity index (χ3v) is 6.46. The Hall–Kier alpha value is -4.39. The van der Waals surface area contributed by atoms with Crippen LogP contribution in [0, 0.1) is 0 Å². The molecule has 1 saturated heterocycles. The highest BCUT2D eigenvalue weighted by molar-refractivity contribution is 5.95. The average Bonchev–Trinajstić information content (AvgIpc) is 2.97. The number of carbonyl (C=O) groups is 1. The molecule has 1 aromatic heterocycles. The van der Waals surface area contributed by atoms with Gasteiger partial charge in [-0.15, -0.1) is 10.2 Å². The number of piperazine rings is 1. The first-order valence-corrected chi connectivity index (χ1v) is 11.9. The van der Waals surface area contributed by atoms with Crippen molar-refractivity contribution in [2.24, 2.45) is 0 Å². The summed E-state index contributed by atoms with van der Waals surface area (Å²) >= 11 is 0. The number of aromatic nitrogens is 2. The van der Waals surface area contributed by atoms with Crippen molar-refractivity contribution in [1.82, 2.24) is 15.1 Å². The summed E-state index contributed by atoms with van der Waals surface area (Å²) in [5.41, 5.74) is 4.62. The van der Waals surface area contributed by atoms with E-state index in [-0.39, 0.29) is 5.91 Å². The monoisotopic (exact) mass is 480 g/mol. The van der Waals surface area contributed by atoms with Gasteiger partial charge in [0.05, 0.1) is 19.9 Å². The minimum Gasteiger partial charge on any atom is -0.493 e. The molecule has 0 aliphatic carbocycles. The first kappa shape index (κ1) is 23.4. The van der Waals surface area contributed by atoms with E-state index in [0.29, 0.717) is 43.2 Å². The average molecular weight is 481 g/mol. The summed E-state index contributed by atoms with van der Waals surface area (Å²) in [4.78, 5) is 17.1. The van der Waals surface area contributed by atoms with Crippen molar-refractivity contribution in [3.05, 3.63) is 90.5 Å². The molecule has 1 amide bonds. The number of ether oxygens (including phenoxy) is 2. The second-order valence-electron chi connectivity index (χ2n) is 8.57. The fraction of sp³-hybridized carbons (Fsp3) is 0.207. The number of rotatable bonds is 6. The van der Waals surface area contributed by atoms with Crippen LogP contribution in [0.3, 0.4) is 0 Å². The maximum atomic E-state index is 13.1. The topological polar surface area (TPSA) is 67.8 Å². The van der Waals surface area contributed by atoms with Crippen LogP contribution in [0.1, 0.15) is 10.4 Å². The Labute approximate surface area is 210 Å². The predicted octanol–water partition coefficient (Wildman–Crippen LogP) is 4.79. The zero-order chi connectivity index (χ0) is 24.9. The minimum atomic E-state index is 0.0594. The summed E-state index contributed by atoms with van der Waals surface area (Å²) in [5, 5.41) is 8.87. The van der Waals surface area contributed by atoms with Crippen LogP contribution in [0.25, 0.3) is 22.4 Å². The van der Waals surface area contributed by atoms with Crippen LogP contribution in [0.15, 0.2) is 84.9 Å². The molecular formula is C29H28N4O3. The zero-order valence-electron chi connectivity index (χ0n) is 20.4. The lowest BCUT2D eigenvalue weighted by Gasteiger charge is -2.35. The quantitative estimate of drug-likeness (QED) is 0.395. The predicted molar refractivity (Wildman–Crippen MR) is 141 cm³/mol. The molecule has 1 aliphatic heterocycles. The van der Waals surface area contributed by atoms with E-state index < -0.39 is 0 Å². The van der Waals surface area contributed by atoms with Gasteiger partial charge < -0.3 is 19.3 Å². The largest absolute Gasteiger partial charge is 0.493 e. The Kier molecular flexibility index (Phi) is 6.80. The molecule has 7 heteroatoms. The number of hydrogen-bond donors (Lipinski definition) is 0. The molecule has 0 saturated carbocycles. The molecule has 36 heavy (non-hydrogen) atoms. The van der Waals surface area contributed by atoms with Crippen molar-refractivity contribution in [3.63, 3.8) is 0 Å². The van der Waals surface area contributed by atoms with Gasteiger partial charge in [0, 0.05) is 37.3 Å². The van der Waals surface area contributed by atoms with Crippen LogP contribution in [0.5, 0.6) is 11.5 Å². The summed E-state index contributed by atoms with van der Waals surface area (Å²) in [5.74, 6) is 2.18. The lowest BCUT2D eigenvalue weighted by molar-refractivity contribution is 0.0746. The smallest absolute Gasteiger partial charge is 0.253 e. The molecular weight excluding hydrogens is 452 g/mol. The maximum Gasteiger partial charge on any atom is 0.253 e. The molecule has 0 atom stereocenters. The van der Waals surface area contributed by atoms with Gasteiger partial charge in [0.25, 0.3) is 5.91 Å². The molecule has 0 unspecified atom stereocenters. The van der Waals surface area contributed by atoms with Crippen LogP contribution >= 0.6 is 0 Å². The highest BCUT2D eigenvalue weighted by Crippen LogP contribution is 2.31. The number of nitrogens with zero attached hydrogens (tertiary/aromatic N) is 4.